The van der Waals surface area contributed by atoms with Crippen LogP contribution in [0.2, 0.25) is 5.02 Å². The predicted molar refractivity (Wildman–Crippen MR) is 94.1 cm³/mol. The maximum Gasteiger partial charge on any atom is 0.410 e. The summed E-state index contributed by atoms with van der Waals surface area (Å²) in [5, 5.41) is 0.658. The molecule has 0 unspecified atom stereocenters. The number of carbonyl (C=O) groups is 2. The monoisotopic (exact) mass is 352 g/mol. The second-order valence-electron chi connectivity index (χ2n) is 7.17. The van der Waals surface area contributed by atoms with Crippen LogP contribution in [0.1, 0.15) is 33.3 Å². The molecule has 1 aliphatic heterocycles. The van der Waals surface area contributed by atoms with Gasteiger partial charge in [0, 0.05) is 30.7 Å². The quantitative estimate of drug-likeness (QED) is 0.820. The highest BCUT2D eigenvalue weighted by atomic mass is 35.5. The molecule has 2 rings (SSSR count). The normalized spacial score (nSPS) is 18.5. The molecule has 1 fully saturated rings. The molecule has 2 amide bonds. The minimum absolute atomic E-state index is 0.0630. The van der Waals surface area contributed by atoms with Crippen LogP contribution in [0, 0.1) is 0 Å². The fourth-order valence-corrected chi connectivity index (χ4v) is 2.79. The summed E-state index contributed by atoms with van der Waals surface area (Å²) in [6.07, 6.45) is 0.0239. The van der Waals surface area contributed by atoms with E-state index in [1.54, 1.807) is 21.9 Å². The third kappa shape index (κ3) is 5.13. The lowest BCUT2D eigenvalue weighted by Crippen LogP contribution is -2.56. The van der Waals surface area contributed by atoms with E-state index in [0.717, 1.165) is 5.56 Å². The molecule has 0 aliphatic carbocycles. The summed E-state index contributed by atoms with van der Waals surface area (Å²) in [7, 11) is 0. The summed E-state index contributed by atoms with van der Waals surface area (Å²) in [6.45, 7) is 9.01. The number of hydrogen-bond acceptors (Lipinski definition) is 3. The Bertz CT molecular complexity index is 595. The van der Waals surface area contributed by atoms with Gasteiger partial charge in [-0.15, -0.1) is 0 Å². The van der Waals surface area contributed by atoms with Crippen LogP contribution >= 0.6 is 11.6 Å². The van der Waals surface area contributed by atoms with E-state index in [0.29, 0.717) is 31.1 Å². The number of hydrogen-bond donors (Lipinski definition) is 0. The molecule has 0 N–H and O–H groups in total. The Hall–Kier alpha value is -1.75. The van der Waals surface area contributed by atoms with Gasteiger partial charge in [-0.25, -0.2) is 4.79 Å². The zero-order valence-corrected chi connectivity index (χ0v) is 15.5. The molecule has 0 spiro atoms. The van der Waals surface area contributed by atoms with Crippen molar-refractivity contribution in [2.75, 3.05) is 19.6 Å². The van der Waals surface area contributed by atoms with E-state index in [1.165, 1.54) is 0 Å². The van der Waals surface area contributed by atoms with Crippen molar-refractivity contribution in [2.45, 2.75) is 45.8 Å². The standard InChI is InChI=1S/C18H25ClN2O3/c1-13-12-20(9-10-21(13)17(23)24-18(2,3)4)16(22)11-14-5-7-15(19)8-6-14/h5-8,13H,9-12H2,1-4H3/t13-/m1/s1. The molecule has 1 saturated heterocycles. The zero-order chi connectivity index (χ0) is 17.9. The Kier molecular flexibility index (Phi) is 5.75. The molecule has 132 valence electrons. The number of benzene rings is 1. The molecule has 0 radical (unpaired) electrons. The van der Waals surface area contributed by atoms with Gasteiger partial charge < -0.3 is 14.5 Å². The van der Waals surface area contributed by atoms with Gasteiger partial charge in [-0.3, -0.25) is 4.79 Å². The molecular formula is C18H25ClN2O3. The Labute approximate surface area is 148 Å². The summed E-state index contributed by atoms with van der Waals surface area (Å²) in [4.78, 5) is 28.2. The van der Waals surface area contributed by atoms with Gasteiger partial charge in [0.05, 0.1) is 6.42 Å². The summed E-state index contributed by atoms with van der Waals surface area (Å²) < 4.78 is 5.42. The molecule has 1 aliphatic rings. The van der Waals surface area contributed by atoms with E-state index < -0.39 is 5.60 Å². The molecule has 0 aromatic heterocycles. The van der Waals surface area contributed by atoms with Crippen LogP contribution in [0.3, 0.4) is 0 Å². The van der Waals surface area contributed by atoms with E-state index in [9.17, 15) is 9.59 Å². The first-order valence-corrected chi connectivity index (χ1v) is 8.55. The second-order valence-corrected chi connectivity index (χ2v) is 7.60. The van der Waals surface area contributed by atoms with Crippen LogP contribution in [0.25, 0.3) is 0 Å². The van der Waals surface area contributed by atoms with Crippen molar-refractivity contribution in [3.63, 3.8) is 0 Å². The van der Waals surface area contributed by atoms with Gasteiger partial charge in [-0.05, 0) is 45.4 Å². The van der Waals surface area contributed by atoms with Gasteiger partial charge in [0.15, 0.2) is 0 Å². The first-order valence-electron chi connectivity index (χ1n) is 8.17. The van der Waals surface area contributed by atoms with Crippen LogP contribution in [0.4, 0.5) is 4.79 Å². The Morgan fingerprint density at radius 2 is 1.83 bits per heavy atom. The van der Waals surface area contributed by atoms with Crippen LogP contribution in [-0.4, -0.2) is 53.1 Å². The van der Waals surface area contributed by atoms with E-state index in [-0.39, 0.29) is 18.0 Å². The molecule has 1 aromatic rings. The first-order chi connectivity index (χ1) is 11.2. The molecule has 1 aromatic carbocycles. The zero-order valence-electron chi connectivity index (χ0n) is 14.7. The van der Waals surface area contributed by atoms with Gasteiger partial charge in [0.2, 0.25) is 5.91 Å². The first kappa shape index (κ1) is 18.6. The van der Waals surface area contributed by atoms with Crippen molar-refractivity contribution in [1.82, 2.24) is 9.80 Å². The predicted octanol–water partition coefficient (Wildman–Crippen LogP) is 3.35. The van der Waals surface area contributed by atoms with Crippen molar-refractivity contribution in [1.29, 1.82) is 0 Å². The van der Waals surface area contributed by atoms with Crippen LogP contribution in [-0.2, 0) is 16.0 Å². The number of piperazine rings is 1. The maximum absolute atomic E-state index is 12.5. The highest BCUT2D eigenvalue weighted by Crippen LogP contribution is 2.17. The van der Waals surface area contributed by atoms with E-state index >= 15 is 0 Å². The maximum atomic E-state index is 12.5. The number of nitrogens with zero attached hydrogens (tertiary/aromatic N) is 2. The van der Waals surface area contributed by atoms with Crippen LogP contribution in [0.5, 0.6) is 0 Å². The topological polar surface area (TPSA) is 49.9 Å². The molecule has 1 heterocycles. The highest BCUT2D eigenvalue weighted by molar-refractivity contribution is 6.30. The number of amides is 2. The Morgan fingerprint density at radius 1 is 1.21 bits per heavy atom. The second kappa shape index (κ2) is 7.43. The lowest BCUT2D eigenvalue weighted by Gasteiger charge is -2.40. The van der Waals surface area contributed by atoms with Gasteiger partial charge in [0.1, 0.15) is 5.60 Å². The van der Waals surface area contributed by atoms with Crippen molar-refractivity contribution < 1.29 is 14.3 Å². The minimum atomic E-state index is -0.516. The van der Waals surface area contributed by atoms with Crippen molar-refractivity contribution in [2.24, 2.45) is 0 Å². The average Bonchev–Trinajstić information content (AvgIpc) is 2.47. The van der Waals surface area contributed by atoms with Crippen LogP contribution < -0.4 is 0 Å². The smallest absolute Gasteiger partial charge is 0.410 e. The summed E-state index contributed by atoms with van der Waals surface area (Å²) in [5.41, 5.74) is 0.421. The van der Waals surface area contributed by atoms with Gasteiger partial charge in [0.25, 0.3) is 0 Å². The molecular weight excluding hydrogens is 328 g/mol. The third-order valence-electron chi connectivity index (χ3n) is 3.88. The summed E-state index contributed by atoms with van der Waals surface area (Å²) in [5.74, 6) is 0.0630. The van der Waals surface area contributed by atoms with Crippen molar-refractivity contribution >= 4 is 23.6 Å². The van der Waals surface area contributed by atoms with Gasteiger partial charge in [-0.2, -0.15) is 0 Å². The highest BCUT2D eigenvalue weighted by Gasteiger charge is 2.32. The van der Waals surface area contributed by atoms with Crippen molar-refractivity contribution in [3.8, 4) is 0 Å². The number of rotatable bonds is 2. The van der Waals surface area contributed by atoms with E-state index in [1.807, 2.05) is 39.8 Å². The molecule has 0 bridgehead atoms. The van der Waals surface area contributed by atoms with Crippen LogP contribution in [0.15, 0.2) is 24.3 Å². The Balaban J connectivity index is 1.91. The summed E-state index contributed by atoms with van der Waals surface area (Å²) in [6, 6.07) is 7.23. The summed E-state index contributed by atoms with van der Waals surface area (Å²) >= 11 is 5.86. The number of carbonyl (C=O) groups excluding carboxylic acids is 2. The number of ether oxygens (including phenoxy) is 1. The largest absolute Gasteiger partial charge is 0.444 e. The lowest BCUT2D eigenvalue weighted by atomic mass is 10.1. The average molecular weight is 353 g/mol. The molecule has 0 saturated carbocycles. The van der Waals surface area contributed by atoms with Crippen molar-refractivity contribution in [3.05, 3.63) is 34.9 Å². The number of halogens is 1. The van der Waals surface area contributed by atoms with E-state index in [4.69, 9.17) is 16.3 Å². The van der Waals surface area contributed by atoms with Gasteiger partial charge >= 0.3 is 6.09 Å². The molecule has 6 heteroatoms. The fraction of sp³-hybridized carbons (Fsp3) is 0.556. The van der Waals surface area contributed by atoms with Gasteiger partial charge in [-0.1, -0.05) is 23.7 Å². The SMILES string of the molecule is C[C@@H]1CN(C(=O)Cc2ccc(Cl)cc2)CCN1C(=O)OC(C)(C)C. The lowest BCUT2D eigenvalue weighted by molar-refractivity contribution is -0.133. The minimum Gasteiger partial charge on any atom is -0.444 e. The fourth-order valence-electron chi connectivity index (χ4n) is 2.66. The molecule has 24 heavy (non-hydrogen) atoms. The van der Waals surface area contributed by atoms with E-state index in [2.05, 4.69) is 0 Å². The third-order valence-corrected chi connectivity index (χ3v) is 4.13. The molecule has 1 atom stereocenters. The molecule has 5 nitrogen and oxygen atoms in total. The Morgan fingerprint density at radius 3 is 2.38 bits per heavy atom.